The highest BCUT2D eigenvalue weighted by molar-refractivity contribution is 8.14. The van der Waals surface area contributed by atoms with E-state index >= 15 is 0 Å². The molecule has 0 saturated heterocycles. The molecule has 1 aliphatic carbocycles. The van der Waals surface area contributed by atoms with Gasteiger partial charge in [0, 0.05) is 16.9 Å². The molecule has 22 heavy (non-hydrogen) atoms. The van der Waals surface area contributed by atoms with Crippen LogP contribution in [-0.2, 0) is 4.74 Å². The Morgan fingerprint density at radius 3 is 2.50 bits per heavy atom. The number of nitrogens with one attached hydrogen (secondary N) is 1. The van der Waals surface area contributed by atoms with E-state index < -0.39 is 5.60 Å². The van der Waals surface area contributed by atoms with Crippen LogP contribution in [0, 0.1) is 0 Å². The molecule has 4 nitrogen and oxygen atoms in total. The van der Waals surface area contributed by atoms with E-state index in [9.17, 15) is 9.59 Å². The highest BCUT2D eigenvalue weighted by Crippen LogP contribution is 2.32. The summed E-state index contributed by atoms with van der Waals surface area (Å²) in [6.07, 6.45) is 2.25. The maximum absolute atomic E-state index is 12.2. The summed E-state index contributed by atoms with van der Waals surface area (Å²) < 4.78 is 5.26. The molecule has 0 bridgehead atoms. The highest BCUT2D eigenvalue weighted by Gasteiger charge is 2.29. The van der Waals surface area contributed by atoms with E-state index in [0.29, 0.717) is 0 Å². The number of hydrogen-bond donors (Lipinski definition) is 1. The normalized spacial score (nSPS) is 21.4. The predicted molar refractivity (Wildman–Crippen MR) is 89.2 cm³/mol. The van der Waals surface area contributed by atoms with Gasteiger partial charge in [0.25, 0.3) is 0 Å². The third-order valence-electron chi connectivity index (χ3n) is 3.39. The largest absolute Gasteiger partial charge is 0.444 e. The molecule has 2 rings (SSSR count). The second-order valence-electron chi connectivity index (χ2n) is 6.55. The van der Waals surface area contributed by atoms with Gasteiger partial charge < -0.3 is 10.1 Å². The van der Waals surface area contributed by atoms with Crippen molar-refractivity contribution < 1.29 is 14.3 Å². The van der Waals surface area contributed by atoms with Gasteiger partial charge in [-0.05, 0) is 40.0 Å². The van der Waals surface area contributed by atoms with Crippen LogP contribution in [0.15, 0.2) is 30.3 Å². The zero-order valence-corrected chi connectivity index (χ0v) is 14.1. The van der Waals surface area contributed by atoms with Crippen LogP contribution in [0.25, 0.3) is 0 Å². The molecule has 0 spiro atoms. The number of thioether (sulfide) groups is 1. The molecule has 1 aliphatic rings. The Labute approximate surface area is 136 Å². The molecule has 1 amide bonds. The second kappa shape index (κ2) is 7.18. The molecule has 1 unspecified atom stereocenters. The zero-order chi connectivity index (χ0) is 16.2. The number of alkyl carbamates (subject to hydrolysis) is 1. The molecule has 0 aromatic heterocycles. The first-order chi connectivity index (χ1) is 10.3. The van der Waals surface area contributed by atoms with E-state index in [4.69, 9.17) is 4.74 Å². The number of carbonyl (C=O) groups excluding carboxylic acids is 2. The summed E-state index contributed by atoms with van der Waals surface area (Å²) in [4.78, 5) is 23.9. The molecule has 0 radical (unpaired) electrons. The minimum absolute atomic E-state index is 0.0934. The Morgan fingerprint density at radius 1 is 1.18 bits per heavy atom. The van der Waals surface area contributed by atoms with Crippen LogP contribution in [-0.4, -0.2) is 28.1 Å². The maximum atomic E-state index is 12.2. The van der Waals surface area contributed by atoms with Gasteiger partial charge in [-0.1, -0.05) is 42.1 Å². The quantitative estimate of drug-likeness (QED) is 0.914. The summed E-state index contributed by atoms with van der Waals surface area (Å²) in [5.74, 6) is 0. The molecule has 1 fully saturated rings. The van der Waals surface area contributed by atoms with Crippen molar-refractivity contribution in [2.24, 2.45) is 0 Å². The average molecular weight is 321 g/mol. The summed E-state index contributed by atoms with van der Waals surface area (Å²) in [5.41, 5.74) is 0.246. The van der Waals surface area contributed by atoms with Gasteiger partial charge >= 0.3 is 6.09 Å². The van der Waals surface area contributed by atoms with Gasteiger partial charge in [0.2, 0.25) is 5.12 Å². The number of hydrogen-bond acceptors (Lipinski definition) is 4. The van der Waals surface area contributed by atoms with Gasteiger partial charge in [-0.3, -0.25) is 4.79 Å². The summed E-state index contributed by atoms with van der Waals surface area (Å²) in [5, 5.41) is 3.25. The van der Waals surface area contributed by atoms with E-state index in [-0.39, 0.29) is 22.5 Å². The summed E-state index contributed by atoms with van der Waals surface area (Å²) in [7, 11) is 0. The smallest absolute Gasteiger partial charge is 0.407 e. The number of carbonyl (C=O) groups is 2. The zero-order valence-electron chi connectivity index (χ0n) is 13.3. The fourth-order valence-corrected chi connectivity index (χ4v) is 3.60. The van der Waals surface area contributed by atoms with Crippen molar-refractivity contribution in [2.75, 3.05) is 0 Å². The SMILES string of the molecule is CC(C)(C)OC(=O)N[C@@H]1CCC(SC(=O)c2ccccc2)C1. The Bertz CT molecular complexity index is 524. The van der Waals surface area contributed by atoms with Crippen molar-refractivity contribution in [2.45, 2.75) is 56.9 Å². The second-order valence-corrected chi connectivity index (χ2v) is 7.82. The summed E-state index contributed by atoms with van der Waals surface area (Å²) in [6, 6.07) is 9.40. The molecular formula is C17H23NO3S. The first-order valence-electron chi connectivity index (χ1n) is 7.59. The van der Waals surface area contributed by atoms with E-state index in [1.54, 1.807) is 0 Å². The van der Waals surface area contributed by atoms with E-state index in [0.717, 1.165) is 24.8 Å². The lowest BCUT2D eigenvalue weighted by atomic mass is 10.2. The Morgan fingerprint density at radius 2 is 1.86 bits per heavy atom. The highest BCUT2D eigenvalue weighted by atomic mass is 32.2. The minimum Gasteiger partial charge on any atom is -0.444 e. The summed E-state index contributed by atoms with van der Waals surface area (Å²) >= 11 is 1.37. The van der Waals surface area contributed by atoms with Gasteiger partial charge in [0.05, 0.1) is 0 Å². The lowest BCUT2D eigenvalue weighted by Gasteiger charge is -2.21. The van der Waals surface area contributed by atoms with E-state index in [1.165, 1.54) is 11.8 Å². The third-order valence-corrected chi connectivity index (χ3v) is 4.60. The Balaban J connectivity index is 1.78. The van der Waals surface area contributed by atoms with Gasteiger partial charge in [0.15, 0.2) is 0 Å². The average Bonchev–Trinajstić information content (AvgIpc) is 2.84. The monoisotopic (exact) mass is 321 g/mol. The van der Waals surface area contributed by atoms with Gasteiger partial charge in [-0.15, -0.1) is 0 Å². The fraction of sp³-hybridized carbons (Fsp3) is 0.529. The molecular weight excluding hydrogens is 298 g/mol. The standard InChI is InChI=1S/C17H23NO3S/c1-17(2,3)21-16(20)18-13-9-10-14(11-13)22-15(19)12-7-5-4-6-8-12/h4-8,13-14H,9-11H2,1-3H3,(H,18,20)/t13-,14?/m1/s1. The number of benzene rings is 1. The van der Waals surface area contributed by atoms with Crippen LogP contribution in [0.1, 0.15) is 50.4 Å². The summed E-state index contributed by atoms with van der Waals surface area (Å²) in [6.45, 7) is 5.54. The third kappa shape index (κ3) is 5.37. The van der Waals surface area contributed by atoms with Gasteiger partial charge in [-0.2, -0.15) is 0 Å². The van der Waals surface area contributed by atoms with Crippen molar-refractivity contribution in [3.8, 4) is 0 Å². The first-order valence-corrected chi connectivity index (χ1v) is 8.47. The van der Waals surface area contributed by atoms with E-state index in [2.05, 4.69) is 5.32 Å². The van der Waals surface area contributed by atoms with Crippen LogP contribution < -0.4 is 5.32 Å². The molecule has 1 aromatic rings. The molecule has 1 aromatic carbocycles. The van der Waals surface area contributed by atoms with E-state index in [1.807, 2.05) is 51.1 Å². The van der Waals surface area contributed by atoms with Crippen LogP contribution in [0.4, 0.5) is 4.79 Å². The van der Waals surface area contributed by atoms with Crippen molar-refractivity contribution in [3.63, 3.8) is 0 Å². The molecule has 1 N–H and O–H groups in total. The Kier molecular flexibility index (Phi) is 5.51. The number of ether oxygens (including phenoxy) is 1. The van der Waals surface area contributed by atoms with Crippen molar-refractivity contribution in [1.29, 1.82) is 0 Å². The topological polar surface area (TPSA) is 55.4 Å². The van der Waals surface area contributed by atoms with Crippen molar-refractivity contribution >= 4 is 23.0 Å². The predicted octanol–water partition coefficient (Wildman–Crippen LogP) is 4.01. The molecule has 5 heteroatoms. The molecule has 0 aliphatic heterocycles. The molecule has 0 heterocycles. The van der Waals surface area contributed by atoms with Crippen LogP contribution in [0.2, 0.25) is 0 Å². The molecule has 2 atom stereocenters. The number of amides is 1. The lowest BCUT2D eigenvalue weighted by molar-refractivity contribution is 0.0505. The number of rotatable bonds is 3. The minimum atomic E-state index is -0.486. The lowest BCUT2D eigenvalue weighted by Crippen LogP contribution is -2.38. The van der Waals surface area contributed by atoms with Crippen LogP contribution >= 0.6 is 11.8 Å². The first kappa shape index (κ1) is 16.9. The fourth-order valence-electron chi connectivity index (χ4n) is 2.45. The van der Waals surface area contributed by atoms with Crippen molar-refractivity contribution in [1.82, 2.24) is 5.32 Å². The van der Waals surface area contributed by atoms with Gasteiger partial charge in [-0.25, -0.2) is 4.79 Å². The van der Waals surface area contributed by atoms with Crippen LogP contribution in [0.5, 0.6) is 0 Å². The van der Waals surface area contributed by atoms with Crippen molar-refractivity contribution in [3.05, 3.63) is 35.9 Å². The van der Waals surface area contributed by atoms with Crippen LogP contribution in [0.3, 0.4) is 0 Å². The maximum Gasteiger partial charge on any atom is 0.407 e. The Hall–Kier alpha value is -1.49. The van der Waals surface area contributed by atoms with Gasteiger partial charge in [0.1, 0.15) is 5.60 Å². The molecule has 1 saturated carbocycles. The molecule has 120 valence electrons.